The Morgan fingerprint density at radius 2 is 2.19 bits per heavy atom. The highest BCUT2D eigenvalue weighted by atomic mass is 32.2. The Hall–Kier alpha value is -0.920. The number of rotatable bonds is 9. The number of carboxylic acid groups (broad SMARTS) is 1. The van der Waals surface area contributed by atoms with Crippen molar-refractivity contribution in [3.63, 3.8) is 0 Å². The highest BCUT2D eigenvalue weighted by Gasteiger charge is 2.22. The molecule has 0 rings (SSSR count). The van der Waals surface area contributed by atoms with E-state index >= 15 is 0 Å². The second-order valence-electron chi connectivity index (χ2n) is 3.14. The molecule has 0 spiro atoms. The average Bonchev–Trinajstić information content (AvgIpc) is 2.16. The van der Waals surface area contributed by atoms with Crippen molar-refractivity contribution < 1.29 is 23.1 Å². The third-order valence-corrected chi connectivity index (χ3v) is 3.66. The molecular weight excluding hydrogens is 234 g/mol. The van der Waals surface area contributed by atoms with E-state index in [0.717, 1.165) is 4.31 Å². The second-order valence-corrected chi connectivity index (χ2v) is 5.23. The molecule has 6 nitrogen and oxygen atoms in total. The number of carboxylic acids is 1. The Labute approximate surface area is 95.6 Å². The monoisotopic (exact) mass is 251 g/mol. The van der Waals surface area contributed by atoms with Gasteiger partial charge in [-0.15, -0.1) is 6.58 Å². The molecule has 0 amide bonds. The molecule has 16 heavy (non-hydrogen) atoms. The average molecular weight is 251 g/mol. The number of hydrogen-bond donors (Lipinski definition) is 1. The van der Waals surface area contributed by atoms with Gasteiger partial charge in [0.15, 0.2) is 0 Å². The molecule has 1 N–H and O–H groups in total. The molecule has 0 aromatic rings. The van der Waals surface area contributed by atoms with Crippen LogP contribution in [0.25, 0.3) is 0 Å². The van der Waals surface area contributed by atoms with Crippen LogP contribution in [0.5, 0.6) is 0 Å². The van der Waals surface area contributed by atoms with Crippen LogP contribution in [0, 0.1) is 0 Å². The summed E-state index contributed by atoms with van der Waals surface area (Å²) in [5.41, 5.74) is 0. The SMILES string of the molecule is C=CCN(CC(=O)O)S(=O)(=O)CCCOC. The number of aliphatic carboxylic acids is 1. The lowest BCUT2D eigenvalue weighted by molar-refractivity contribution is -0.137. The highest BCUT2D eigenvalue weighted by molar-refractivity contribution is 7.89. The minimum absolute atomic E-state index is 0.00160. The molecule has 0 bridgehead atoms. The third-order valence-electron chi connectivity index (χ3n) is 1.79. The maximum absolute atomic E-state index is 11.7. The molecule has 0 atom stereocenters. The molecule has 0 heterocycles. The number of nitrogens with zero attached hydrogens (tertiary/aromatic N) is 1. The fourth-order valence-electron chi connectivity index (χ4n) is 1.09. The minimum atomic E-state index is -3.55. The predicted molar refractivity (Wildman–Crippen MR) is 59.7 cm³/mol. The third kappa shape index (κ3) is 5.84. The molecular formula is C9H17NO5S. The van der Waals surface area contributed by atoms with Gasteiger partial charge in [0, 0.05) is 20.3 Å². The van der Waals surface area contributed by atoms with E-state index in [1.54, 1.807) is 0 Å². The molecule has 0 aliphatic carbocycles. The van der Waals surface area contributed by atoms with Crippen molar-refractivity contribution in [3.05, 3.63) is 12.7 Å². The Kier molecular flexibility index (Phi) is 6.95. The Bertz CT molecular complexity index is 325. The van der Waals surface area contributed by atoms with E-state index in [1.165, 1.54) is 13.2 Å². The summed E-state index contributed by atoms with van der Waals surface area (Å²) in [7, 11) is -2.07. The van der Waals surface area contributed by atoms with Gasteiger partial charge in [-0.3, -0.25) is 4.79 Å². The van der Waals surface area contributed by atoms with Gasteiger partial charge in [-0.2, -0.15) is 4.31 Å². The van der Waals surface area contributed by atoms with Crippen LogP contribution >= 0.6 is 0 Å². The Morgan fingerprint density at radius 3 is 2.62 bits per heavy atom. The second kappa shape index (κ2) is 7.37. The summed E-state index contributed by atoms with van der Waals surface area (Å²) < 4.78 is 29.0. The molecule has 0 unspecified atom stereocenters. The molecule has 0 saturated heterocycles. The van der Waals surface area contributed by atoms with E-state index in [-0.39, 0.29) is 12.3 Å². The van der Waals surface area contributed by atoms with Crippen LogP contribution in [0.3, 0.4) is 0 Å². The largest absolute Gasteiger partial charge is 0.480 e. The summed E-state index contributed by atoms with van der Waals surface area (Å²) in [5, 5.41) is 8.58. The molecule has 0 aromatic carbocycles. The quantitative estimate of drug-likeness (QED) is 0.458. The molecule has 0 aliphatic heterocycles. The Balaban J connectivity index is 4.49. The van der Waals surface area contributed by atoms with Gasteiger partial charge in [0.1, 0.15) is 6.54 Å². The first-order valence-corrected chi connectivity index (χ1v) is 6.34. The van der Waals surface area contributed by atoms with Gasteiger partial charge in [0.2, 0.25) is 10.0 Å². The summed E-state index contributed by atoms with van der Waals surface area (Å²) >= 11 is 0. The normalized spacial score (nSPS) is 11.6. The van der Waals surface area contributed by atoms with Crippen molar-refractivity contribution in [2.24, 2.45) is 0 Å². The van der Waals surface area contributed by atoms with Crippen LogP contribution in [0.15, 0.2) is 12.7 Å². The van der Waals surface area contributed by atoms with Gasteiger partial charge < -0.3 is 9.84 Å². The summed E-state index contributed by atoms with van der Waals surface area (Å²) in [5.74, 6) is -1.31. The zero-order valence-electron chi connectivity index (χ0n) is 9.26. The van der Waals surface area contributed by atoms with Gasteiger partial charge >= 0.3 is 5.97 Å². The van der Waals surface area contributed by atoms with E-state index in [0.29, 0.717) is 13.0 Å². The maximum atomic E-state index is 11.7. The lowest BCUT2D eigenvalue weighted by Gasteiger charge is -2.18. The first-order chi connectivity index (χ1) is 7.44. The van der Waals surface area contributed by atoms with Gasteiger partial charge in [0.25, 0.3) is 0 Å². The summed E-state index contributed by atoms with van der Waals surface area (Å²) in [6.45, 7) is 3.18. The van der Waals surface area contributed by atoms with Crippen LogP contribution in [0.1, 0.15) is 6.42 Å². The molecule has 0 fully saturated rings. The number of hydrogen-bond acceptors (Lipinski definition) is 4. The first kappa shape index (κ1) is 15.1. The van der Waals surface area contributed by atoms with Crippen molar-refractivity contribution in [3.8, 4) is 0 Å². The zero-order valence-corrected chi connectivity index (χ0v) is 10.1. The van der Waals surface area contributed by atoms with E-state index in [2.05, 4.69) is 6.58 Å². The molecule has 0 saturated carbocycles. The first-order valence-electron chi connectivity index (χ1n) is 4.73. The number of carbonyl (C=O) groups is 1. The van der Waals surface area contributed by atoms with Crippen molar-refractivity contribution in [2.75, 3.05) is 32.6 Å². The fourth-order valence-corrected chi connectivity index (χ4v) is 2.47. The van der Waals surface area contributed by atoms with E-state index < -0.39 is 22.5 Å². The van der Waals surface area contributed by atoms with Crippen LogP contribution < -0.4 is 0 Å². The van der Waals surface area contributed by atoms with Gasteiger partial charge in [-0.1, -0.05) is 6.08 Å². The standard InChI is InChI=1S/C9H17NO5S/c1-3-5-10(8-9(11)12)16(13,14)7-4-6-15-2/h3H,1,4-8H2,2H3,(H,11,12). The van der Waals surface area contributed by atoms with Gasteiger partial charge in [-0.05, 0) is 6.42 Å². The van der Waals surface area contributed by atoms with Gasteiger partial charge in [0.05, 0.1) is 5.75 Å². The number of ether oxygens (including phenoxy) is 1. The van der Waals surface area contributed by atoms with Crippen molar-refractivity contribution in [2.45, 2.75) is 6.42 Å². The van der Waals surface area contributed by atoms with Gasteiger partial charge in [-0.25, -0.2) is 8.42 Å². The van der Waals surface area contributed by atoms with Crippen molar-refractivity contribution in [1.29, 1.82) is 0 Å². The summed E-state index contributed by atoms with van der Waals surface area (Å²) in [6.07, 6.45) is 1.70. The predicted octanol–water partition coefficient (Wildman–Crippen LogP) is -0.0747. The topological polar surface area (TPSA) is 83.9 Å². The maximum Gasteiger partial charge on any atom is 0.318 e. The Morgan fingerprint density at radius 1 is 1.56 bits per heavy atom. The van der Waals surface area contributed by atoms with Crippen molar-refractivity contribution in [1.82, 2.24) is 4.31 Å². The molecule has 7 heteroatoms. The van der Waals surface area contributed by atoms with Crippen molar-refractivity contribution >= 4 is 16.0 Å². The molecule has 94 valence electrons. The number of sulfonamides is 1. The zero-order chi connectivity index (χ0) is 12.6. The molecule has 0 aliphatic rings. The summed E-state index contributed by atoms with van der Waals surface area (Å²) in [6, 6.07) is 0. The number of methoxy groups -OCH3 is 1. The molecule has 0 aromatic heterocycles. The van der Waals surface area contributed by atoms with Crippen LogP contribution in [-0.4, -0.2) is 56.4 Å². The van der Waals surface area contributed by atoms with Crippen LogP contribution in [0.2, 0.25) is 0 Å². The fraction of sp³-hybridized carbons (Fsp3) is 0.667. The van der Waals surface area contributed by atoms with E-state index in [9.17, 15) is 13.2 Å². The summed E-state index contributed by atoms with van der Waals surface area (Å²) in [4.78, 5) is 10.5. The lowest BCUT2D eigenvalue weighted by Crippen LogP contribution is -2.37. The smallest absolute Gasteiger partial charge is 0.318 e. The molecule has 0 radical (unpaired) electrons. The van der Waals surface area contributed by atoms with E-state index in [4.69, 9.17) is 9.84 Å². The van der Waals surface area contributed by atoms with Crippen LogP contribution in [0.4, 0.5) is 0 Å². The van der Waals surface area contributed by atoms with Crippen LogP contribution in [-0.2, 0) is 19.6 Å². The van der Waals surface area contributed by atoms with E-state index in [1.807, 2.05) is 0 Å². The minimum Gasteiger partial charge on any atom is -0.480 e. The highest BCUT2D eigenvalue weighted by Crippen LogP contribution is 2.03. The lowest BCUT2D eigenvalue weighted by atomic mass is 10.5.